The lowest BCUT2D eigenvalue weighted by Gasteiger charge is -2.14. The molecule has 3 rings (SSSR count). The van der Waals surface area contributed by atoms with E-state index in [9.17, 15) is 14.4 Å². The predicted molar refractivity (Wildman–Crippen MR) is 99.9 cm³/mol. The minimum atomic E-state index is -0.409. The van der Waals surface area contributed by atoms with E-state index >= 15 is 0 Å². The van der Waals surface area contributed by atoms with Crippen LogP contribution in [0.3, 0.4) is 0 Å². The number of rotatable bonds is 6. The lowest BCUT2D eigenvalue weighted by Crippen LogP contribution is -2.23. The highest BCUT2D eigenvalue weighted by Gasteiger charge is 2.24. The summed E-state index contributed by atoms with van der Waals surface area (Å²) < 4.78 is 9.87. The van der Waals surface area contributed by atoms with Gasteiger partial charge in [0.15, 0.2) is 0 Å². The predicted octanol–water partition coefficient (Wildman–Crippen LogP) is 3.00. The number of carbonyl (C=O) groups excluding carboxylic acids is 3. The summed E-state index contributed by atoms with van der Waals surface area (Å²) in [4.78, 5) is 36.6. The molecule has 1 aliphatic heterocycles. The Kier molecular flexibility index (Phi) is 5.71. The van der Waals surface area contributed by atoms with Crippen molar-refractivity contribution in [3.05, 3.63) is 59.7 Å². The molecule has 0 saturated carbocycles. The van der Waals surface area contributed by atoms with Crippen LogP contribution in [0.1, 0.15) is 22.8 Å². The zero-order chi connectivity index (χ0) is 19.2. The van der Waals surface area contributed by atoms with Crippen LogP contribution >= 0.6 is 0 Å². The van der Waals surface area contributed by atoms with Crippen LogP contribution in [0.2, 0.25) is 0 Å². The van der Waals surface area contributed by atoms with E-state index in [2.05, 4.69) is 5.32 Å². The van der Waals surface area contributed by atoms with Crippen molar-refractivity contribution in [1.82, 2.24) is 0 Å². The minimum absolute atomic E-state index is 0.276. The molecule has 0 bridgehead atoms. The van der Waals surface area contributed by atoms with E-state index in [1.54, 1.807) is 30.3 Å². The second-order valence-corrected chi connectivity index (χ2v) is 6.06. The number of ether oxygens (including phenoxy) is 2. The van der Waals surface area contributed by atoms with Crippen LogP contribution in [0, 0.1) is 0 Å². The molecule has 7 heteroatoms. The fourth-order valence-corrected chi connectivity index (χ4v) is 2.76. The maximum Gasteiger partial charge on any atom is 0.414 e. The fraction of sp³-hybridized carbons (Fsp3) is 0.250. The maximum atomic E-state index is 12.6. The standard InChI is InChI=1S/C20H20N2O5/c1-14(23)26-10-8-15-4-2-6-17(12-15)21-19(24)16-5-3-7-18(13-16)22-9-11-27-20(22)25/h2-7,12-13H,8-11H2,1H3,(H,21,24). The molecule has 0 spiro atoms. The molecule has 0 unspecified atom stereocenters. The van der Waals surface area contributed by atoms with Crippen LogP contribution in [0.15, 0.2) is 48.5 Å². The molecule has 0 aliphatic carbocycles. The normalized spacial score (nSPS) is 13.2. The van der Waals surface area contributed by atoms with Crippen molar-refractivity contribution >= 4 is 29.3 Å². The Labute approximate surface area is 156 Å². The summed E-state index contributed by atoms with van der Waals surface area (Å²) in [6.07, 6.45) is 0.156. The summed E-state index contributed by atoms with van der Waals surface area (Å²) in [5.41, 5.74) is 2.66. The lowest BCUT2D eigenvalue weighted by atomic mass is 10.1. The average molecular weight is 368 g/mol. The molecule has 2 aromatic rings. The first-order valence-corrected chi connectivity index (χ1v) is 8.61. The van der Waals surface area contributed by atoms with Gasteiger partial charge in [-0.15, -0.1) is 0 Å². The molecule has 1 N–H and O–H groups in total. The second kappa shape index (κ2) is 8.35. The summed E-state index contributed by atoms with van der Waals surface area (Å²) in [5.74, 6) is -0.595. The zero-order valence-corrected chi connectivity index (χ0v) is 14.9. The smallest absolute Gasteiger partial charge is 0.414 e. The third kappa shape index (κ3) is 4.84. The van der Waals surface area contributed by atoms with Crippen LogP contribution in [-0.2, 0) is 20.7 Å². The molecule has 0 atom stereocenters. The third-order valence-electron chi connectivity index (χ3n) is 4.06. The van der Waals surface area contributed by atoms with Gasteiger partial charge in [-0.25, -0.2) is 4.79 Å². The van der Waals surface area contributed by atoms with E-state index in [4.69, 9.17) is 9.47 Å². The number of hydrogen-bond donors (Lipinski definition) is 1. The molecule has 2 aromatic carbocycles. The largest absolute Gasteiger partial charge is 0.466 e. The summed E-state index contributed by atoms with van der Waals surface area (Å²) in [5, 5.41) is 2.85. The average Bonchev–Trinajstić information content (AvgIpc) is 3.08. The highest BCUT2D eigenvalue weighted by atomic mass is 16.6. The van der Waals surface area contributed by atoms with Crippen molar-refractivity contribution in [2.45, 2.75) is 13.3 Å². The summed E-state index contributed by atoms with van der Waals surface area (Å²) in [7, 11) is 0. The Morgan fingerprint density at radius 1 is 1.19 bits per heavy atom. The van der Waals surface area contributed by atoms with Crippen LogP contribution < -0.4 is 10.2 Å². The molecule has 140 valence electrons. The molecular weight excluding hydrogens is 348 g/mol. The van der Waals surface area contributed by atoms with Gasteiger partial charge in [0, 0.05) is 30.3 Å². The van der Waals surface area contributed by atoms with Gasteiger partial charge in [-0.2, -0.15) is 0 Å². The van der Waals surface area contributed by atoms with Crippen LogP contribution in [0.4, 0.5) is 16.2 Å². The van der Waals surface area contributed by atoms with E-state index in [1.165, 1.54) is 11.8 Å². The van der Waals surface area contributed by atoms with Gasteiger partial charge in [-0.05, 0) is 35.9 Å². The van der Waals surface area contributed by atoms with E-state index in [0.717, 1.165) is 5.56 Å². The Morgan fingerprint density at radius 2 is 2.00 bits per heavy atom. The van der Waals surface area contributed by atoms with Crippen molar-refractivity contribution in [2.24, 2.45) is 0 Å². The third-order valence-corrected chi connectivity index (χ3v) is 4.06. The number of esters is 1. The first-order chi connectivity index (χ1) is 13.0. The number of amides is 2. The number of anilines is 2. The van der Waals surface area contributed by atoms with E-state index in [-0.39, 0.29) is 11.9 Å². The first kappa shape index (κ1) is 18.4. The summed E-state index contributed by atoms with van der Waals surface area (Å²) >= 11 is 0. The zero-order valence-electron chi connectivity index (χ0n) is 14.9. The fourth-order valence-electron chi connectivity index (χ4n) is 2.76. The first-order valence-electron chi connectivity index (χ1n) is 8.61. The minimum Gasteiger partial charge on any atom is -0.466 e. The summed E-state index contributed by atoms with van der Waals surface area (Å²) in [6, 6.07) is 14.2. The molecule has 0 radical (unpaired) electrons. The molecule has 0 aromatic heterocycles. The van der Waals surface area contributed by atoms with Crippen LogP contribution in [-0.4, -0.2) is 37.7 Å². The molecule has 1 saturated heterocycles. The van der Waals surface area contributed by atoms with Gasteiger partial charge in [0.05, 0.1) is 13.2 Å². The number of nitrogens with one attached hydrogen (secondary N) is 1. The van der Waals surface area contributed by atoms with E-state index in [0.29, 0.717) is 43.1 Å². The van der Waals surface area contributed by atoms with Crippen molar-refractivity contribution < 1.29 is 23.9 Å². The molecule has 2 amide bonds. The number of hydrogen-bond acceptors (Lipinski definition) is 5. The highest BCUT2D eigenvalue weighted by molar-refractivity contribution is 6.05. The number of nitrogens with zero attached hydrogens (tertiary/aromatic N) is 1. The molecule has 1 heterocycles. The van der Waals surface area contributed by atoms with E-state index < -0.39 is 6.09 Å². The Morgan fingerprint density at radius 3 is 2.74 bits per heavy atom. The molecule has 1 fully saturated rings. The van der Waals surface area contributed by atoms with Crippen LogP contribution in [0.5, 0.6) is 0 Å². The molecule has 1 aliphatic rings. The van der Waals surface area contributed by atoms with E-state index in [1.807, 2.05) is 18.2 Å². The van der Waals surface area contributed by atoms with Crippen molar-refractivity contribution in [1.29, 1.82) is 0 Å². The molecule has 27 heavy (non-hydrogen) atoms. The van der Waals surface area contributed by atoms with Crippen molar-refractivity contribution in [3.8, 4) is 0 Å². The quantitative estimate of drug-likeness (QED) is 0.793. The summed E-state index contributed by atoms with van der Waals surface area (Å²) in [6.45, 7) is 2.47. The Bertz CT molecular complexity index is 865. The van der Waals surface area contributed by atoms with Gasteiger partial charge < -0.3 is 14.8 Å². The maximum absolute atomic E-state index is 12.6. The lowest BCUT2D eigenvalue weighted by molar-refractivity contribution is -0.140. The van der Waals surface area contributed by atoms with Crippen molar-refractivity contribution in [2.75, 3.05) is 30.0 Å². The number of carbonyl (C=O) groups is 3. The monoisotopic (exact) mass is 368 g/mol. The topological polar surface area (TPSA) is 84.9 Å². The van der Waals surface area contributed by atoms with Crippen LogP contribution in [0.25, 0.3) is 0 Å². The molecular formula is C20H20N2O5. The van der Waals surface area contributed by atoms with Gasteiger partial charge in [-0.1, -0.05) is 18.2 Å². The number of cyclic esters (lactones) is 1. The highest BCUT2D eigenvalue weighted by Crippen LogP contribution is 2.21. The van der Waals surface area contributed by atoms with Gasteiger partial charge in [0.2, 0.25) is 0 Å². The molecule has 7 nitrogen and oxygen atoms in total. The van der Waals surface area contributed by atoms with Gasteiger partial charge >= 0.3 is 12.1 Å². The van der Waals surface area contributed by atoms with Gasteiger partial charge in [0.25, 0.3) is 5.91 Å². The Balaban J connectivity index is 1.67. The van der Waals surface area contributed by atoms with Crippen molar-refractivity contribution in [3.63, 3.8) is 0 Å². The van der Waals surface area contributed by atoms with Gasteiger partial charge in [0.1, 0.15) is 6.61 Å². The second-order valence-electron chi connectivity index (χ2n) is 6.06. The SMILES string of the molecule is CC(=O)OCCc1cccc(NC(=O)c2cccc(N3CCOC3=O)c2)c1. The van der Waals surface area contributed by atoms with Gasteiger partial charge in [-0.3, -0.25) is 14.5 Å². The number of benzene rings is 2. The Hall–Kier alpha value is -3.35.